The van der Waals surface area contributed by atoms with Crippen LogP contribution in [0.5, 0.6) is 0 Å². The van der Waals surface area contributed by atoms with Crippen molar-refractivity contribution in [2.45, 2.75) is 26.1 Å². The first-order chi connectivity index (χ1) is 6.07. The lowest BCUT2D eigenvalue weighted by Crippen LogP contribution is -2.34. The molecule has 0 aromatic heterocycles. The molecule has 0 spiro atoms. The molecule has 0 saturated carbocycles. The Labute approximate surface area is 74.9 Å². The quantitative estimate of drug-likeness (QED) is 0.454. The Kier molecular flexibility index (Phi) is 2.72. The predicted molar refractivity (Wildman–Crippen MR) is 41.8 cm³/mol. The van der Waals surface area contributed by atoms with Gasteiger partial charge in [0.1, 0.15) is 6.10 Å². The zero-order valence-corrected chi connectivity index (χ0v) is 7.39. The third-order valence-corrected chi connectivity index (χ3v) is 1.67. The van der Waals surface area contributed by atoms with E-state index in [1.54, 1.807) is 6.92 Å². The monoisotopic (exact) mass is 189 g/mol. The molecule has 13 heavy (non-hydrogen) atoms. The molecule has 1 N–H and O–H groups in total. The van der Waals surface area contributed by atoms with Gasteiger partial charge in [-0.1, -0.05) is 0 Å². The van der Waals surface area contributed by atoms with Crippen molar-refractivity contribution in [1.82, 2.24) is 0 Å². The normalized spacial score (nSPS) is 27.3. The summed E-state index contributed by atoms with van der Waals surface area (Å²) in [6, 6.07) is 0. The summed E-state index contributed by atoms with van der Waals surface area (Å²) in [6.07, 6.45) is -1.92. The molecule has 6 heteroatoms. The van der Waals surface area contributed by atoms with E-state index in [0.717, 1.165) is 0 Å². The molecule has 0 saturated heterocycles. The Morgan fingerprint density at radius 1 is 1.85 bits per heavy atom. The first kappa shape index (κ1) is 9.79. The van der Waals surface area contributed by atoms with Gasteiger partial charge in [0.2, 0.25) is 0 Å². The van der Waals surface area contributed by atoms with Crippen molar-refractivity contribution in [3.05, 3.63) is 5.21 Å². The number of nitrogens with zero attached hydrogens (tertiary/aromatic N) is 1. The van der Waals surface area contributed by atoms with Gasteiger partial charge in [-0.05, 0) is 13.8 Å². The van der Waals surface area contributed by atoms with Gasteiger partial charge in [-0.15, -0.1) is 0 Å². The second-order valence-corrected chi connectivity index (χ2v) is 2.62. The van der Waals surface area contributed by atoms with Gasteiger partial charge in [-0.25, -0.2) is 4.79 Å². The van der Waals surface area contributed by atoms with Crippen LogP contribution < -0.4 is 0 Å². The van der Waals surface area contributed by atoms with Gasteiger partial charge in [-0.2, -0.15) is 0 Å². The number of rotatable bonds is 2. The summed E-state index contributed by atoms with van der Waals surface area (Å²) in [5.74, 6) is -0.839. The van der Waals surface area contributed by atoms with Crippen molar-refractivity contribution >= 4 is 11.7 Å². The number of aliphatic hydroxyl groups is 1. The van der Waals surface area contributed by atoms with Crippen molar-refractivity contribution in [3.63, 3.8) is 0 Å². The molecule has 0 aromatic carbocycles. The number of hydrogen-bond donors (Lipinski definition) is 1. The summed E-state index contributed by atoms with van der Waals surface area (Å²) in [4.78, 5) is 15.6. The van der Waals surface area contributed by atoms with Gasteiger partial charge in [0.25, 0.3) is 0 Å². The fourth-order valence-corrected chi connectivity index (χ4v) is 0.996. The molecule has 1 rings (SSSR count). The predicted octanol–water partition coefficient (Wildman–Crippen LogP) is -0.805. The van der Waals surface area contributed by atoms with E-state index in [9.17, 15) is 15.1 Å². The van der Waals surface area contributed by atoms with E-state index in [1.165, 1.54) is 6.92 Å². The zero-order chi connectivity index (χ0) is 10.0. The molecule has 6 nitrogen and oxygen atoms in total. The van der Waals surface area contributed by atoms with Gasteiger partial charge in [0, 0.05) is 0 Å². The summed E-state index contributed by atoms with van der Waals surface area (Å²) in [5, 5.41) is 20.2. The van der Waals surface area contributed by atoms with Crippen LogP contribution in [0.4, 0.5) is 0 Å². The van der Waals surface area contributed by atoms with Crippen LogP contribution in [0.15, 0.2) is 0 Å². The molecule has 1 heterocycles. The first-order valence-corrected chi connectivity index (χ1v) is 3.94. The van der Waals surface area contributed by atoms with Crippen molar-refractivity contribution in [2.75, 3.05) is 6.61 Å². The van der Waals surface area contributed by atoms with Crippen LogP contribution in [-0.4, -0.2) is 40.5 Å². The summed E-state index contributed by atoms with van der Waals surface area (Å²) in [7, 11) is 0. The van der Waals surface area contributed by atoms with Crippen LogP contribution in [-0.2, 0) is 14.4 Å². The van der Waals surface area contributed by atoms with E-state index in [0.29, 0.717) is 0 Å². The first-order valence-electron chi connectivity index (χ1n) is 3.94. The maximum atomic E-state index is 11.1. The molecule has 74 valence electrons. The van der Waals surface area contributed by atoms with Crippen LogP contribution in [0.2, 0.25) is 0 Å². The van der Waals surface area contributed by atoms with Crippen LogP contribution in [0.3, 0.4) is 0 Å². The maximum Gasteiger partial charge on any atom is 0.408 e. The molecule has 0 amide bonds. The lowest BCUT2D eigenvalue weighted by molar-refractivity contribution is -0.739. The van der Waals surface area contributed by atoms with Crippen LogP contribution >= 0.6 is 0 Å². The highest BCUT2D eigenvalue weighted by Crippen LogP contribution is 2.10. The molecule has 0 bridgehead atoms. The van der Waals surface area contributed by atoms with E-state index < -0.39 is 23.9 Å². The molecule has 0 aliphatic carbocycles. The van der Waals surface area contributed by atoms with E-state index in [-0.39, 0.29) is 11.5 Å². The fraction of sp³-hybridized carbons (Fsp3) is 0.714. The highest BCUT2D eigenvalue weighted by atomic mass is 16.9. The van der Waals surface area contributed by atoms with Crippen LogP contribution in [0.25, 0.3) is 0 Å². The average Bonchev–Trinajstić information content (AvgIpc) is 2.27. The summed E-state index contributed by atoms with van der Waals surface area (Å²) in [5.41, 5.74) is -0.394. The standard InChI is InChI=1S/C7H11NO5/c1-3-12-7(10)5-6(9)4(2)13-8(5)11/h4,6,9H,3H2,1-2H3. The van der Waals surface area contributed by atoms with Crippen LogP contribution in [0, 0.1) is 5.21 Å². The number of esters is 1. The lowest BCUT2D eigenvalue weighted by atomic mass is 10.1. The highest BCUT2D eigenvalue weighted by molar-refractivity contribution is 6.36. The Bertz CT molecular complexity index is 249. The van der Waals surface area contributed by atoms with Gasteiger partial charge >= 0.3 is 11.7 Å². The molecule has 0 aromatic rings. The third kappa shape index (κ3) is 1.72. The van der Waals surface area contributed by atoms with E-state index >= 15 is 0 Å². The molecule has 2 atom stereocenters. The molecule has 0 fully saturated rings. The molecular formula is C7H11NO5. The molecule has 1 aliphatic rings. The molecule has 0 radical (unpaired) electrons. The Balaban J connectivity index is 2.78. The second kappa shape index (κ2) is 3.61. The average molecular weight is 189 g/mol. The van der Waals surface area contributed by atoms with E-state index in [2.05, 4.69) is 9.57 Å². The van der Waals surface area contributed by atoms with Crippen molar-refractivity contribution in [3.8, 4) is 0 Å². The topological polar surface area (TPSA) is 81.8 Å². The van der Waals surface area contributed by atoms with Crippen molar-refractivity contribution < 1.29 is 24.4 Å². The van der Waals surface area contributed by atoms with Crippen molar-refractivity contribution in [2.24, 2.45) is 0 Å². The largest absolute Gasteiger partial charge is 0.458 e. The SMILES string of the molecule is CCOC(=O)C1=[N+]([O-])OC(C)C1O. The van der Waals surface area contributed by atoms with Gasteiger partial charge in [0.05, 0.1) is 11.5 Å². The Hall–Kier alpha value is -1.30. The Morgan fingerprint density at radius 2 is 2.46 bits per heavy atom. The third-order valence-electron chi connectivity index (χ3n) is 1.67. The smallest absolute Gasteiger partial charge is 0.408 e. The Morgan fingerprint density at radius 3 is 2.85 bits per heavy atom. The minimum atomic E-state index is -1.21. The second-order valence-electron chi connectivity index (χ2n) is 2.62. The molecule has 2 unspecified atom stereocenters. The highest BCUT2D eigenvalue weighted by Gasteiger charge is 2.42. The summed E-state index contributed by atoms with van der Waals surface area (Å²) >= 11 is 0. The summed E-state index contributed by atoms with van der Waals surface area (Å²) in [6.45, 7) is 3.25. The van der Waals surface area contributed by atoms with Gasteiger partial charge < -0.3 is 14.7 Å². The van der Waals surface area contributed by atoms with Crippen LogP contribution in [0.1, 0.15) is 13.8 Å². The van der Waals surface area contributed by atoms with E-state index in [4.69, 9.17) is 0 Å². The molecule has 1 aliphatic heterocycles. The van der Waals surface area contributed by atoms with Gasteiger partial charge in [-0.3, -0.25) is 5.21 Å². The lowest BCUT2D eigenvalue weighted by Gasteiger charge is -2.06. The number of carbonyl (C=O) groups is 1. The maximum absolute atomic E-state index is 11.1. The number of hydrogen-bond acceptors (Lipinski definition) is 5. The number of ether oxygens (including phenoxy) is 1. The molecular weight excluding hydrogens is 178 g/mol. The van der Waals surface area contributed by atoms with E-state index in [1.807, 2.05) is 0 Å². The van der Waals surface area contributed by atoms with Crippen molar-refractivity contribution in [1.29, 1.82) is 0 Å². The number of carbonyl (C=O) groups excluding carboxylic acids is 1. The zero-order valence-electron chi connectivity index (χ0n) is 7.39. The minimum Gasteiger partial charge on any atom is -0.458 e. The number of aliphatic hydroxyl groups excluding tert-OH is 1. The fourth-order valence-electron chi connectivity index (χ4n) is 0.996. The summed E-state index contributed by atoms with van der Waals surface area (Å²) < 4.78 is 4.56. The minimum absolute atomic E-state index is 0.00727. The van der Waals surface area contributed by atoms with Gasteiger partial charge in [0.15, 0.2) is 6.10 Å².